The van der Waals surface area contributed by atoms with Crippen molar-refractivity contribution in [2.75, 3.05) is 0 Å². The standard InChI is InChI=1S/C8H14N2/c1-7(9)5-6-10-8-3-2-4-8/h5-6,8H,2-4,9H2,1H3. The zero-order valence-corrected chi connectivity index (χ0v) is 6.38. The topological polar surface area (TPSA) is 38.4 Å². The summed E-state index contributed by atoms with van der Waals surface area (Å²) in [4.78, 5) is 4.29. The van der Waals surface area contributed by atoms with E-state index in [0.717, 1.165) is 5.70 Å². The van der Waals surface area contributed by atoms with Crippen molar-refractivity contribution in [2.24, 2.45) is 10.7 Å². The number of aliphatic imine (C=N–C) groups is 1. The molecule has 2 heteroatoms. The quantitative estimate of drug-likeness (QED) is 0.576. The molecular formula is C8H14N2. The Hall–Kier alpha value is -0.790. The van der Waals surface area contributed by atoms with Crippen LogP contribution >= 0.6 is 0 Å². The molecule has 0 aromatic carbocycles. The Morgan fingerprint density at radius 3 is 2.70 bits per heavy atom. The Labute approximate surface area is 61.8 Å². The Morgan fingerprint density at radius 1 is 1.60 bits per heavy atom. The Bertz CT molecular complexity index is 151. The van der Waals surface area contributed by atoms with E-state index in [2.05, 4.69) is 4.99 Å². The minimum absolute atomic E-state index is 0.593. The summed E-state index contributed by atoms with van der Waals surface area (Å²) < 4.78 is 0. The van der Waals surface area contributed by atoms with Gasteiger partial charge in [0, 0.05) is 18.0 Å². The minimum atomic E-state index is 0.593. The summed E-state index contributed by atoms with van der Waals surface area (Å²) in [5.41, 5.74) is 6.23. The van der Waals surface area contributed by atoms with Crippen molar-refractivity contribution in [3.63, 3.8) is 0 Å². The lowest BCUT2D eigenvalue weighted by Gasteiger charge is -2.19. The summed E-state index contributed by atoms with van der Waals surface area (Å²) in [6.07, 6.45) is 7.52. The first kappa shape index (κ1) is 7.32. The molecular weight excluding hydrogens is 124 g/mol. The van der Waals surface area contributed by atoms with Gasteiger partial charge < -0.3 is 5.73 Å². The normalized spacial score (nSPS) is 21.5. The van der Waals surface area contributed by atoms with Crippen molar-refractivity contribution in [1.82, 2.24) is 0 Å². The van der Waals surface area contributed by atoms with Crippen molar-refractivity contribution in [1.29, 1.82) is 0 Å². The molecule has 0 aromatic heterocycles. The maximum absolute atomic E-state index is 5.41. The van der Waals surface area contributed by atoms with Gasteiger partial charge in [0.25, 0.3) is 0 Å². The number of hydrogen-bond donors (Lipinski definition) is 1. The maximum Gasteiger partial charge on any atom is 0.0499 e. The molecule has 1 rings (SSSR count). The minimum Gasteiger partial charge on any atom is -0.402 e. The summed E-state index contributed by atoms with van der Waals surface area (Å²) in [5, 5.41) is 0. The lowest BCUT2D eigenvalue weighted by atomic mass is 9.94. The first-order valence-corrected chi connectivity index (χ1v) is 3.74. The van der Waals surface area contributed by atoms with Crippen LogP contribution in [0.1, 0.15) is 26.2 Å². The van der Waals surface area contributed by atoms with Crippen LogP contribution < -0.4 is 5.73 Å². The third-order valence-electron chi connectivity index (χ3n) is 1.71. The fraction of sp³-hybridized carbons (Fsp3) is 0.625. The van der Waals surface area contributed by atoms with Crippen LogP contribution in [-0.2, 0) is 0 Å². The predicted octanol–water partition coefficient (Wildman–Crippen LogP) is 1.47. The van der Waals surface area contributed by atoms with Gasteiger partial charge in [0.05, 0.1) is 0 Å². The van der Waals surface area contributed by atoms with Crippen molar-refractivity contribution >= 4 is 6.21 Å². The van der Waals surface area contributed by atoms with Gasteiger partial charge in [-0.1, -0.05) is 0 Å². The molecule has 56 valence electrons. The molecule has 0 spiro atoms. The van der Waals surface area contributed by atoms with Crippen LogP contribution in [0.5, 0.6) is 0 Å². The lowest BCUT2D eigenvalue weighted by molar-refractivity contribution is 0.421. The van der Waals surface area contributed by atoms with Crippen LogP contribution in [0, 0.1) is 0 Å². The number of nitrogens with two attached hydrogens (primary N) is 1. The van der Waals surface area contributed by atoms with E-state index < -0.39 is 0 Å². The lowest BCUT2D eigenvalue weighted by Crippen LogP contribution is -2.14. The third-order valence-corrected chi connectivity index (χ3v) is 1.71. The fourth-order valence-electron chi connectivity index (χ4n) is 0.818. The Balaban J connectivity index is 2.22. The van der Waals surface area contributed by atoms with Gasteiger partial charge in [0.1, 0.15) is 0 Å². The second-order valence-corrected chi connectivity index (χ2v) is 2.79. The van der Waals surface area contributed by atoms with E-state index in [1.54, 1.807) is 0 Å². The van der Waals surface area contributed by atoms with E-state index in [0.29, 0.717) is 6.04 Å². The van der Waals surface area contributed by atoms with Gasteiger partial charge in [-0.15, -0.1) is 0 Å². The molecule has 0 bridgehead atoms. The van der Waals surface area contributed by atoms with E-state index >= 15 is 0 Å². The van der Waals surface area contributed by atoms with E-state index in [1.807, 2.05) is 19.2 Å². The fourth-order valence-corrected chi connectivity index (χ4v) is 0.818. The zero-order chi connectivity index (χ0) is 7.40. The number of rotatable bonds is 2. The molecule has 0 aliphatic heterocycles. The van der Waals surface area contributed by atoms with Crippen LogP contribution in [0.2, 0.25) is 0 Å². The molecule has 2 N–H and O–H groups in total. The van der Waals surface area contributed by atoms with Gasteiger partial charge >= 0.3 is 0 Å². The van der Waals surface area contributed by atoms with Gasteiger partial charge in [-0.25, -0.2) is 0 Å². The number of hydrogen-bond acceptors (Lipinski definition) is 2. The van der Waals surface area contributed by atoms with Gasteiger partial charge in [0.15, 0.2) is 0 Å². The highest BCUT2D eigenvalue weighted by Crippen LogP contribution is 2.21. The Kier molecular flexibility index (Phi) is 2.49. The van der Waals surface area contributed by atoms with Crippen LogP contribution in [-0.4, -0.2) is 12.3 Å². The van der Waals surface area contributed by atoms with E-state index in [4.69, 9.17) is 5.73 Å². The summed E-state index contributed by atoms with van der Waals surface area (Å²) in [6, 6.07) is 0.593. The molecule has 0 heterocycles. The third kappa shape index (κ3) is 2.21. The highest BCUT2D eigenvalue weighted by Gasteiger charge is 2.13. The van der Waals surface area contributed by atoms with Gasteiger partial charge in [-0.2, -0.15) is 0 Å². The molecule has 1 aliphatic rings. The molecule has 10 heavy (non-hydrogen) atoms. The van der Waals surface area contributed by atoms with Crippen LogP contribution in [0.4, 0.5) is 0 Å². The van der Waals surface area contributed by atoms with E-state index in [-0.39, 0.29) is 0 Å². The number of nitrogens with zero attached hydrogens (tertiary/aromatic N) is 1. The first-order valence-electron chi connectivity index (χ1n) is 3.74. The van der Waals surface area contributed by atoms with Crippen molar-refractivity contribution < 1.29 is 0 Å². The second-order valence-electron chi connectivity index (χ2n) is 2.79. The van der Waals surface area contributed by atoms with Crippen molar-refractivity contribution in [3.05, 3.63) is 11.8 Å². The van der Waals surface area contributed by atoms with Gasteiger partial charge in [-0.3, -0.25) is 4.99 Å². The van der Waals surface area contributed by atoms with Crippen molar-refractivity contribution in [3.8, 4) is 0 Å². The monoisotopic (exact) mass is 138 g/mol. The summed E-state index contributed by atoms with van der Waals surface area (Å²) in [7, 11) is 0. The average molecular weight is 138 g/mol. The largest absolute Gasteiger partial charge is 0.402 e. The molecule has 0 saturated heterocycles. The molecule has 2 nitrogen and oxygen atoms in total. The van der Waals surface area contributed by atoms with E-state index in [1.165, 1.54) is 19.3 Å². The molecule has 0 unspecified atom stereocenters. The highest BCUT2D eigenvalue weighted by molar-refractivity contribution is 5.71. The summed E-state index contributed by atoms with van der Waals surface area (Å²) >= 11 is 0. The van der Waals surface area contributed by atoms with Crippen LogP contribution in [0.25, 0.3) is 0 Å². The highest BCUT2D eigenvalue weighted by atomic mass is 14.8. The molecule has 0 aromatic rings. The maximum atomic E-state index is 5.41. The van der Waals surface area contributed by atoms with Crippen LogP contribution in [0.3, 0.4) is 0 Å². The molecule has 0 radical (unpaired) electrons. The summed E-state index contributed by atoms with van der Waals surface area (Å²) in [6.45, 7) is 1.87. The molecule has 1 saturated carbocycles. The van der Waals surface area contributed by atoms with Crippen molar-refractivity contribution in [2.45, 2.75) is 32.2 Å². The molecule has 0 amide bonds. The van der Waals surface area contributed by atoms with Gasteiger partial charge in [-0.05, 0) is 32.3 Å². The second kappa shape index (κ2) is 3.40. The first-order chi connectivity index (χ1) is 4.79. The Morgan fingerprint density at radius 2 is 2.30 bits per heavy atom. The molecule has 0 atom stereocenters. The van der Waals surface area contributed by atoms with Gasteiger partial charge in [0.2, 0.25) is 0 Å². The number of allylic oxidation sites excluding steroid dienone is 2. The summed E-state index contributed by atoms with van der Waals surface area (Å²) in [5.74, 6) is 0. The van der Waals surface area contributed by atoms with Crippen LogP contribution in [0.15, 0.2) is 16.8 Å². The average Bonchev–Trinajstić information content (AvgIpc) is 1.75. The van der Waals surface area contributed by atoms with E-state index in [9.17, 15) is 0 Å². The predicted molar refractivity (Wildman–Crippen MR) is 44.1 cm³/mol. The zero-order valence-electron chi connectivity index (χ0n) is 6.38. The molecule has 1 aliphatic carbocycles. The molecule has 1 fully saturated rings. The smallest absolute Gasteiger partial charge is 0.0499 e. The SMILES string of the molecule is CC(N)=CC=NC1CCC1.